The minimum absolute atomic E-state index is 0.466. The summed E-state index contributed by atoms with van der Waals surface area (Å²) in [5, 5.41) is 3.13. The molecule has 0 aliphatic carbocycles. The second-order valence-corrected chi connectivity index (χ2v) is 3.79. The first-order chi connectivity index (χ1) is 7.52. The maximum atomic E-state index is 5.52. The lowest BCUT2D eigenvalue weighted by Crippen LogP contribution is -2.17. The van der Waals surface area contributed by atoms with E-state index < -0.39 is 0 Å². The van der Waals surface area contributed by atoms with Gasteiger partial charge in [0, 0.05) is 17.9 Å². The second-order valence-electron chi connectivity index (χ2n) is 3.79. The fourth-order valence-corrected chi connectivity index (χ4v) is 1.41. The van der Waals surface area contributed by atoms with Crippen LogP contribution in [0.1, 0.15) is 18.1 Å². The molecule has 0 aliphatic heterocycles. The van der Waals surface area contributed by atoms with E-state index in [1.54, 1.807) is 0 Å². The molecule has 0 radical (unpaired) electrons. The van der Waals surface area contributed by atoms with Gasteiger partial charge in [-0.2, -0.15) is 0 Å². The van der Waals surface area contributed by atoms with Crippen LogP contribution >= 0.6 is 0 Å². The number of nitrogens with two attached hydrogens (primary N) is 1. The third kappa shape index (κ3) is 3.02. The van der Waals surface area contributed by atoms with Crippen molar-refractivity contribution in [2.45, 2.75) is 13.5 Å². The van der Waals surface area contributed by atoms with Gasteiger partial charge >= 0.3 is 0 Å². The molecule has 0 atom stereocenters. The molecule has 84 valence electrons. The lowest BCUT2D eigenvalue weighted by atomic mass is 10.0. The van der Waals surface area contributed by atoms with Gasteiger partial charge in [-0.25, -0.2) is 0 Å². The van der Waals surface area contributed by atoms with Crippen LogP contribution in [0.4, 0.5) is 0 Å². The number of allylic oxidation sites excluding steroid dienone is 1. The summed E-state index contributed by atoms with van der Waals surface area (Å²) in [5.41, 5.74) is 10.0. The van der Waals surface area contributed by atoms with E-state index in [9.17, 15) is 0 Å². The molecule has 1 aromatic rings. The van der Waals surface area contributed by atoms with E-state index in [-0.39, 0.29) is 0 Å². The van der Waals surface area contributed by atoms with Crippen LogP contribution in [0.3, 0.4) is 0 Å². The van der Waals surface area contributed by atoms with E-state index >= 15 is 0 Å². The molecule has 1 rings (SSSR count). The molecule has 0 saturated heterocycles. The van der Waals surface area contributed by atoms with Gasteiger partial charge in [0.2, 0.25) is 0 Å². The van der Waals surface area contributed by atoms with Gasteiger partial charge in [-0.1, -0.05) is 49.6 Å². The number of rotatable bonds is 5. The predicted octanol–water partition coefficient (Wildman–Crippen LogP) is 2.80. The van der Waals surface area contributed by atoms with Crippen LogP contribution in [0.5, 0.6) is 0 Å². The Hall–Kier alpha value is -1.96. The molecule has 2 heteroatoms. The predicted molar refractivity (Wildman–Crippen MR) is 70.5 cm³/mol. The van der Waals surface area contributed by atoms with Crippen LogP contribution in [0.15, 0.2) is 55.4 Å². The van der Waals surface area contributed by atoms with Crippen LogP contribution in [0.25, 0.3) is 5.57 Å². The van der Waals surface area contributed by atoms with Crippen LogP contribution < -0.4 is 11.1 Å². The fraction of sp³-hybridized carbons (Fsp3) is 0.143. The molecule has 0 amide bonds. The number of nitrogens with one attached hydrogen (secondary N) is 1. The molecule has 0 bridgehead atoms. The highest BCUT2D eigenvalue weighted by atomic mass is 14.9. The molecule has 0 aliphatic rings. The lowest BCUT2D eigenvalue weighted by Gasteiger charge is -2.12. The Kier molecular flexibility index (Phi) is 3.95. The molecule has 0 heterocycles. The van der Waals surface area contributed by atoms with Crippen molar-refractivity contribution in [1.82, 2.24) is 5.32 Å². The zero-order valence-corrected chi connectivity index (χ0v) is 9.72. The summed E-state index contributed by atoms with van der Waals surface area (Å²) in [6.45, 7) is 14.0. The Morgan fingerprint density at radius 2 is 1.88 bits per heavy atom. The van der Waals surface area contributed by atoms with Crippen molar-refractivity contribution < 1.29 is 0 Å². The smallest absolute Gasteiger partial charge is 0.0497 e. The van der Waals surface area contributed by atoms with Crippen molar-refractivity contribution in [2.24, 2.45) is 5.73 Å². The van der Waals surface area contributed by atoms with Gasteiger partial charge in [0.05, 0.1) is 0 Å². The monoisotopic (exact) mass is 214 g/mol. The van der Waals surface area contributed by atoms with Gasteiger partial charge in [0.15, 0.2) is 0 Å². The minimum atomic E-state index is 0.466. The summed E-state index contributed by atoms with van der Waals surface area (Å²) in [5.74, 6) is 0. The molecule has 16 heavy (non-hydrogen) atoms. The summed E-state index contributed by atoms with van der Waals surface area (Å²) < 4.78 is 0. The third-order valence-corrected chi connectivity index (χ3v) is 2.36. The molecule has 3 N–H and O–H groups in total. The van der Waals surface area contributed by atoms with E-state index in [1.807, 2.05) is 19.1 Å². The van der Waals surface area contributed by atoms with E-state index in [0.29, 0.717) is 17.9 Å². The topological polar surface area (TPSA) is 38.0 Å². The van der Waals surface area contributed by atoms with E-state index in [2.05, 4.69) is 37.2 Å². The van der Waals surface area contributed by atoms with Crippen molar-refractivity contribution in [2.75, 3.05) is 0 Å². The van der Waals surface area contributed by atoms with Crippen molar-refractivity contribution in [3.63, 3.8) is 0 Å². The number of hydrogen-bond donors (Lipinski definition) is 2. The molecule has 0 unspecified atom stereocenters. The quantitative estimate of drug-likeness (QED) is 0.740. The number of benzene rings is 1. The van der Waals surface area contributed by atoms with Crippen molar-refractivity contribution in [3.05, 3.63) is 66.5 Å². The first kappa shape index (κ1) is 12.1. The Morgan fingerprint density at radius 3 is 2.44 bits per heavy atom. The maximum Gasteiger partial charge on any atom is 0.0497 e. The van der Waals surface area contributed by atoms with Gasteiger partial charge in [-0.3, -0.25) is 0 Å². The van der Waals surface area contributed by atoms with Gasteiger partial charge in [-0.05, 0) is 18.1 Å². The zero-order valence-electron chi connectivity index (χ0n) is 9.72. The van der Waals surface area contributed by atoms with Crippen molar-refractivity contribution >= 4 is 5.57 Å². The maximum absolute atomic E-state index is 5.52. The van der Waals surface area contributed by atoms with Crippen LogP contribution in [0.2, 0.25) is 0 Å². The summed E-state index contributed by atoms with van der Waals surface area (Å²) in [6, 6.07) is 8.12. The standard InChI is InChI=1S/C14H18N2/c1-10(2)14-8-6-5-7-13(14)9-16-12(4)11(3)15/h5-8,16H,1,3-4,9,15H2,2H3. The van der Waals surface area contributed by atoms with E-state index in [1.165, 1.54) is 5.56 Å². The summed E-state index contributed by atoms with van der Waals surface area (Å²) in [6.07, 6.45) is 0. The largest absolute Gasteiger partial charge is 0.398 e. The Labute approximate surface area is 97.2 Å². The number of hydrogen-bond acceptors (Lipinski definition) is 2. The van der Waals surface area contributed by atoms with Crippen LogP contribution in [-0.4, -0.2) is 0 Å². The van der Waals surface area contributed by atoms with E-state index in [0.717, 1.165) is 11.1 Å². The average molecular weight is 214 g/mol. The average Bonchev–Trinajstić information content (AvgIpc) is 2.25. The Balaban J connectivity index is 2.78. The van der Waals surface area contributed by atoms with Crippen molar-refractivity contribution in [1.29, 1.82) is 0 Å². The highest BCUT2D eigenvalue weighted by Crippen LogP contribution is 2.17. The summed E-state index contributed by atoms with van der Waals surface area (Å²) >= 11 is 0. The van der Waals surface area contributed by atoms with E-state index in [4.69, 9.17) is 5.73 Å². The fourth-order valence-electron chi connectivity index (χ4n) is 1.41. The normalized spacial score (nSPS) is 9.56. The Bertz CT molecular complexity index is 430. The van der Waals surface area contributed by atoms with Crippen LogP contribution in [0, 0.1) is 0 Å². The molecular formula is C14H18N2. The van der Waals surface area contributed by atoms with Gasteiger partial charge in [-0.15, -0.1) is 0 Å². The SMILES string of the molecule is C=C(N)C(=C)NCc1ccccc1C(=C)C. The van der Waals surface area contributed by atoms with Gasteiger partial charge in [0.1, 0.15) is 0 Å². The highest BCUT2D eigenvalue weighted by Gasteiger charge is 2.02. The molecule has 0 fully saturated rings. The van der Waals surface area contributed by atoms with Gasteiger partial charge in [0.25, 0.3) is 0 Å². The zero-order chi connectivity index (χ0) is 12.1. The highest BCUT2D eigenvalue weighted by molar-refractivity contribution is 5.64. The first-order valence-corrected chi connectivity index (χ1v) is 5.13. The molecule has 0 aromatic heterocycles. The van der Waals surface area contributed by atoms with Crippen LogP contribution in [-0.2, 0) is 6.54 Å². The third-order valence-electron chi connectivity index (χ3n) is 2.36. The molecule has 0 saturated carbocycles. The minimum Gasteiger partial charge on any atom is -0.398 e. The Morgan fingerprint density at radius 1 is 1.25 bits per heavy atom. The first-order valence-electron chi connectivity index (χ1n) is 5.13. The molecular weight excluding hydrogens is 196 g/mol. The molecule has 0 spiro atoms. The van der Waals surface area contributed by atoms with Gasteiger partial charge < -0.3 is 11.1 Å². The second kappa shape index (κ2) is 5.21. The molecule has 2 nitrogen and oxygen atoms in total. The lowest BCUT2D eigenvalue weighted by molar-refractivity contribution is 0.818. The van der Waals surface area contributed by atoms with Crippen molar-refractivity contribution in [3.8, 4) is 0 Å². The summed E-state index contributed by atoms with van der Waals surface area (Å²) in [4.78, 5) is 0. The molecule has 1 aromatic carbocycles. The summed E-state index contributed by atoms with van der Waals surface area (Å²) in [7, 11) is 0.